The van der Waals surface area contributed by atoms with Crippen LogP contribution in [-0.2, 0) is 11.2 Å². The highest BCUT2D eigenvalue weighted by Gasteiger charge is 2.30. The third kappa shape index (κ3) is 2.35. The number of hydrogen-bond acceptors (Lipinski definition) is 3. The lowest BCUT2D eigenvalue weighted by molar-refractivity contribution is -0.141. The lowest BCUT2D eigenvalue weighted by Crippen LogP contribution is -2.33. The van der Waals surface area contributed by atoms with Gasteiger partial charge in [-0.2, -0.15) is 0 Å². The summed E-state index contributed by atoms with van der Waals surface area (Å²) in [4.78, 5) is 18.6. The zero-order chi connectivity index (χ0) is 14.1. The van der Waals surface area contributed by atoms with Gasteiger partial charge in [0, 0.05) is 12.6 Å². The minimum Gasteiger partial charge on any atom is -0.480 e. The van der Waals surface area contributed by atoms with Gasteiger partial charge in [0.15, 0.2) is 0 Å². The summed E-state index contributed by atoms with van der Waals surface area (Å²) in [5.41, 5.74) is 1.08. The van der Waals surface area contributed by atoms with Gasteiger partial charge in [-0.25, -0.2) is 9.78 Å². The molecule has 3 rings (SSSR count). The first-order valence-electron chi connectivity index (χ1n) is 7.75. The highest BCUT2D eigenvalue weighted by Crippen LogP contribution is 2.33. The predicted molar refractivity (Wildman–Crippen MR) is 75.7 cm³/mol. The fourth-order valence-electron chi connectivity index (χ4n) is 3.61. The molecule has 0 spiro atoms. The SMILES string of the molecule is CCN1CCCCC1c1cn2c(n1)CCCC2C(=O)O. The van der Waals surface area contributed by atoms with E-state index in [4.69, 9.17) is 4.98 Å². The first-order valence-corrected chi connectivity index (χ1v) is 7.75. The Hall–Kier alpha value is -1.36. The molecule has 0 aromatic carbocycles. The van der Waals surface area contributed by atoms with E-state index in [1.807, 2.05) is 10.8 Å². The van der Waals surface area contributed by atoms with Crippen molar-refractivity contribution in [1.29, 1.82) is 0 Å². The van der Waals surface area contributed by atoms with Crippen LogP contribution in [0.2, 0.25) is 0 Å². The molecule has 5 heteroatoms. The van der Waals surface area contributed by atoms with Crippen LogP contribution in [0.5, 0.6) is 0 Å². The van der Waals surface area contributed by atoms with E-state index in [-0.39, 0.29) is 0 Å². The zero-order valence-electron chi connectivity index (χ0n) is 12.1. The highest BCUT2D eigenvalue weighted by atomic mass is 16.4. The lowest BCUT2D eigenvalue weighted by Gasteiger charge is -2.33. The number of carbonyl (C=O) groups is 1. The largest absolute Gasteiger partial charge is 0.480 e. The summed E-state index contributed by atoms with van der Waals surface area (Å²) in [6.45, 7) is 4.36. The number of aliphatic carboxylic acids is 1. The average molecular weight is 277 g/mol. The average Bonchev–Trinajstić information content (AvgIpc) is 2.90. The van der Waals surface area contributed by atoms with Crippen molar-refractivity contribution in [3.63, 3.8) is 0 Å². The lowest BCUT2D eigenvalue weighted by atomic mass is 10.00. The molecule has 1 aromatic heterocycles. The molecule has 0 amide bonds. The second kappa shape index (κ2) is 5.56. The second-order valence-corrected chi connectivity index (χ2v) is 5.88. The monoisotopic (exact) mass is 277 g/mol. The molecule has 1 saturated heterocycles. The number of hydrogen-bond donors (Lipinski definition) is 1. The third-order valence-electron chi connectivity index (χ3n) is 4.69. The van der Waals surface area contributed by atoms with Gasteiger partial charge in [0.2, 0.25) is 0 Å². The maximum Gasteiger partial charge on any atom is 0.326 e. The normalized spacial score (nSPS) is 27.2. The van der Waals surface area contributed by atoms with Crippen LogP contribution in [0.3, 0.4) is 0 Å². The van der Waals surface area contributed by atoms with E-state index in [2.05, 4.69) is 11.8 Å². The summed E-state index contributed by atoms with van der Waals surface area (Å²) < 4.78 is 1.91. The summed E-state index contributed by atoms with van der Waals surface area (Å²) in [5.74, 6) is 0.228. The molecule has 1 aromatic rings. The molecular formula is C15H23N3O2. The van der Waals surface area contributed by atoms with E-state index in [1.165, 1.54) is 12.8 Å². The van der Waals surface area contributed by atoms with Gasteiger partial charge in [0.25, 0.3) is 0 Å². The molecule has 1 N–H and O–H groups in total. The van der Waals surface area contributed by atoms with Crippen LogP contribution in [0.1, 0.15) is 62.6 Å². The van der Waals surface area contributed by atoms with Crippen molar-refractivity contribution in [2.24, 2.45) is 0 Å². The van der Waals surface area contributed by atoms with E-state index in [0.717, 1.165) is 50.3 Å². The number of piperidine rings is 1. The molecule has 0 aliphatic carbocycles. The third-order valence-corrected chi connectivity index (χ3v) is 4.69. The van der Waals surface area contributed by atoms with Crippen LogP contribution in [0.15, 0.2) is 6.20 Å². The van der Waals surface area contributed by atoms with E-state index in [1.54, 1.807) is 0 Å². The van der Waals surface area contributed by atoms with E-state index >= 15 is 0 Å². The second-order valence-electron chi connectivity index (χ2n) is 5.88. The minimum absolute atomic E-state index is 0.376. The number of aryl methyl sites for hydroxylation is 1. The number of likely N-dealkylation sites (tertiary alicyclic amines) is 1. The smallest absolute Gasteiger partial charge is 0.326 e. The highest BCUT2D eigenvalue weighted by molar-refractivity contribution is 5.72. The Morgan fingerprint density at radius 3 is 3.00 bits per heavy atom. The van der Waals surface area contributed by atoms with Crippen molar-refractivity contribution >= 4 is 5.97 Å². The number of fused-ring (bicyclic) bond motifs is 1. The van der Waals surface area contributed by atoms with E-state index < -0.39 is 12.0 Å². The van der Waals surface area contributed by atoms with Gasteiger partial charge < -0.3 is 9.67 Å². The summed E-state index contributed by atoms with van der Waals surface area (Å²) in [7, 11) is 0. The molecule has 0 bridgehead atoms. The Bertz CT molecular complexity index is 497. The van der Waals surface area contributed by atoms with Crippen LogP contribution < -0.4 is 0 Å². The molecule has 0 radical (unpaired) electrons. The van der Waals surface area contributed by atoms with Crippen molar-refractivity contribution in [3.05, 3.63) is 17.7 Å². The fraction of sp³-hybridized carbons (Fsp3) is 0.733. The fourth-order valence-corrected chi connectivity index (χ4v) is 3.61. The molecule has 2 unspecified atom stereocenters. The van der Waals surface area contributed by atoms with Crippen molar-refractivity contribution in [2.45, 2.75) is 57.5 Å². The Balaban J connectivity index is 1.90. The molecule has 5 nitrogen and oxygen atoms in total. The van der Waals surface area contributed by atoms with Gasteiger partial charge in [-0.05, 0) is 38.8 Å². The van der Waals surface area contributed by atoms with Crippen LogP contribution in [0, 0.1) is 0 Å². The van der Waals surface area contributed by atoms with Crippen molar-refractivity contribution in [2.75, 3.05) is 13.1 Å². The Kier molecular flexibility index (Phi) is 3.78. The Labute approximate surface area is 119 Å². The maximum absolute atomic E-state index is 11.4. The number of rotatable bonds is 3. The van der Waals surface area contributed by atoms with Crippen molar-refractivity contribution in [1.82, 2.24) is 14.5 Å². The quantitative estimate of drug-likeness (QED) is 0.921. The number of carboxylic acids is 1. The van der Waals surface area contributed by atoms with Gasteiger partial charge in [-0.15, -0.1) is 0 Å². The van der Waals surface area contributed by atoms with Crippen LogP contribution in [0.25, 0.3) is 0 Å². The van der Waals surface area contributed by atoms with Crippen LogP contribution in [-0.4, -0.2) is 38.6 Å². The molecule has 2 aliphatic rings. The number of aromatic nitrogens is 2. The molecule has 3 heterocycles. The van der Waals surface area contributed by atoms with Gasteiger partial charge in [-0.3, -0.25) is 4.90 Å². The molecular weight excluding hydrogens is 254 g/mol. The summed E-state index contributed by atoms with van der Waals surface area (Å²) in [6, 6.07) is -0.0417. The van der Waals surface area contributed by atoms with E-state index in [9.17, 15) is 9.90 Å². The van der Waals surface area contributed by atoms with Gasteiger partial charge >= 0.3 is 5.97 Å². The summed E-state index contributed by atoms with van der Waals surface area (Å²) >= 11 is 0. The maximum atomic E-state index is 11.4. The standard InChI is InChI=1S/C15H23N3O2/c1-2-17-9-4-3-6-12(17)11-10-18-13(15(19)20)7-5-8-14(18)16-11/h10,12-13H,2-9H2,1H3,(H,19,20). The topological polar surface area (TPSA) is 58.4 Å². The summed E-state index contributed by atoms with van der Waals surface area (Å²) in [6.07, 6.45) is 8.20. The molecule has 0 saturated carbocycles. The zero-order valence-corrected chi connectivity index (χ0v) is 12.1. The molecule has 20 heavy (non-hydrogen) atoms. The van der Waals surface area contributed by atoms with Crippen molar-refractivity contribution < 1.29 is 9.90 Å². The number of carboxylic acid groups (broad SMARTS) is 1. The van der Waals surface area contributed by atoms with Crippen LogP contribution in [0.4, 0.5) is 0 Å². The van der Waals surface area contributed by atoms with Gasteiger partial charge in [-0.1, -0.05) is 13.3 Å². The van der Waals surface area contributed by atoms with E-state index in [0.29, 0.717) is 6.04 Å². The first kappa shape index (κ1) is 13.6. The molecule has 110 valence electrons. The molecule has 1 fully saturated rings. The summed E-state index contributed by atoms with van der Waals surface area (Å²) in [5, 5.41) is 9.34. The Morgan fingerprint density at radius 1 is 1.40 bits per heavy atom. The van der Waals surface area contributed by atoms with Crippen molar-refractivity contribution in [3.8, 4) is 0 Å². The minimum atomic E-state index is -0.731. The predicted octanol–water partition coefficient (Wildman–Crippen LogP) is 2.39. The molecule has 2 aliphatic heterocycles. The Morgan fingerprint density at radius 2 is 2.25 bits per heavy atom. The first-order chi connectivity index (χ1) is 9.70. The van der Waals surface area contributed by atoms with Crippen LogP contribution >= 0.6 is 0 Å². The van der Waals surface area contributed by atoms with Gasteiger partial charge in [0.1, 0.15) is 11.9 Å². The number of nitrogens with zero attached hydrogens (tertiary/aromatic N) is 3. The molecule has 2 atom stereocenters. The number of imidazole rings is 1. The van der Waals surface area contributed by atoms with Gasteiger partial charge in [0.05, 0.1) is 11.7 Å².